The molecule has 1 N–H and O–H groups in total. The number of imide groups is 2. The van der Waals surface area contributed by atoms with E-state index in [9.17, 15) is 28.7 Å². The van der Waals surface area contributed by atoms with E-state index in [1.54, 1.807) is 25.1 Å². The molecule has 0 aromatic heterocycles. The van der Waals surface area contributed by atoms with Crippen molar-refractivity contribution in [2.75, 3.05) is 12.0 Å². The van der Waals surface area contributed by atoms with Gasteiger partial charge in [0, 0.05) is 11.5 Å². The van der Waals surface area contributed by atoms with Gasteiger partial charge in [-0.1, -0.05) is 65.7 Å². The molecule has 10 heteroatoms. The van der Waals surface area contributed by atoms with Gasteiger partial charge in [-0.05, 0) is 55.5 Å². The molecule has 2 aliphatic carbocycles. The molecule has 1 saturated carbocycles. The minimum Gasteiger partial charge on any atom is -0.504 e. The number of phenolic OH excluding ortho intramolecular Hbond substituents is 1. The van der Waals surface area contributed by atoms with Crippen molar-refractivity contribution in [1.29, 1.82) is 0 Å². The molecule has 0 radical (unpaired) electrons. The van der Waals surface area contributed by atoms with Crippen molar-refractivity contribution in [3.05, 3.63) is 100 Å². The Balaban J connectivity index is 1.36. The normalized spacial score (nSPS) is 29.0. The van der Waals surface area contributed by atoms with Gasteiger partial charge in [0.15, 0.2) is 11.5 Å². The van der Waals surface area contributed by atoms with Gasteiger partial charge in [-0.25, -0.2) is 9.29 Å². The number of methoxy groups -OCH3 is 1. The average Bonchev–Trinajstić information content (AvgIpc) is 3.39. The number of hydrogen-bond acceptors (Lipinski definition) is 6. The molecule has 6 unspecified atom stereocenters. The topological polar surface area (TPSA) is 104 Å². The van der Waals surface area contributed by atoms with Crippen LogP contribution in [-0.4, -0.2) is 40.7 Å². The number of carbonyl (C=O) groups excluding carboxylic acids is 4. The van der Waals surface area contributed by atoms with Gasteiger partial charge in [-0.15, -0.1) is 0 Å². The van der Waals surface area contributed by atoms with Gasteiger partial charge in [0.2, 0.25) is 23.6 Å². The summed E-state index contributed by atoms with van der Waals surface area (Å²) in [5.74, 6) is -5.83. The van der Waals surface area contributed by atoms with Crippen LogP contribution in [0.4, 0.5) is 10.1 Å². The number of phenols is 1. The summed E-state index contributed by atoms with van der Waals surface area (Å²) in [6.07, 6.45) is 2.36. The molecule has 3 aromatic carbocycles. The summed E-state index contributed by atoms with van der Waals surface area (Å²) in [5.41, 5.74) is 0.700. The molecule has 2 aliphatic heterocycles. The van der Waals surface area contributed by atoms with Gasteiger partial charge >= 0.3 is 0 Å². The molecule has 8 nitrogen and oxygen atoms in total. The Bertz CT molecular complexity index is 1810. The van der Waals surface area contributed by atoms with Crippen molar-refractivity contribution in [2.24, 2.45) is 29.1 Å². The Morgan fingerprint density at radius 2 is 1.73 bits per heavy atom. The van der Waals surface area contributed by atoms with Crippen molar-refractivity contribution < 1.29 is 33.4 Å². The van der Waals surface area contributed by atoms with Crippen molar-refractivity contribution >= 4 is 40.9 Å². The number of ether oxygens (including phenoxy) is 1. The minimum absolute atomic E-state index is 0.136. The third kappa shape index (κ3) is 4.16. The number of fused-ring (bicyclic) bond motifs is 4. The lowest BCUT2D eigenvalue weighted by atomic mass is 9.51. The van der Waals surface area contributed by atoms with Gasteiger partial charge in [0.1, 0.15) is 5.82 Å². The Kier molecular flexibility index (Phi) is 6.85. The van der Waals surface area contributed by atoms with Gasteiger partial charge in [-0.3, -0.25) is 24.1 Å². The van der Waals surface area contributed by atoms with E-state index in [1.807, 2.05) is 36.4 Å². The van der Waals surface area contributed by atoms with E-state index in [1.165, 1.54) is 24.1 Å². The van der Waals surface area contributed by atoms with Crippen LogP contribution in [-0.2, 0) is 25.7 Å². The van der Waals surface area contributed by atoms with Crippen LogP contribution in [0, 0.1) is 34.9 Å². The zero-order chi connectivity index (χ0) is 31.8. The van der Waals surface area contributed by atoms with Gasteiger partial charge in [-0.2, -0.15) is 0 Å². The van der Waals surface area contributed by atoms with E-state index in [4.69, 9.17) is 16.3 Å². The molecule has 4 amide bonds. The monoisotopic (exact) mass is 628 g/mol. The zero-order valence-electron chi connectivity index (χ0n) is 24.6. The number of nitrogens with zero attached hydrogens (tertiary/aromatic N) is 2. The van der Waals surface area contributed by atoms with Crippen LogP contribution in [0.2, 0.25) is 5.02 Å². The molecular weight excluding hydrogens is 599 g/mol. The van der Waals surface area contributed by atoms with Crippen LogP contribution >= 0.6 is 11.6 Å². The maximum absolute atomic E-state index is 14.5. The van der Waals surface area contributed by atoms with Crippen molar-refractivity contribution in [3.8, 4) is 11.5 Å². The SMILES string of the molecule is COc1cccc(C2C3=CCC4C(=O)N(Cc5ccccc5)C(=O)C4C3CC3C(=O)N(c4ccc(F)c(Cl)c4)C(=O)C32C)c1O. The number of allylic oxidation sites excluding steroid dienone is 2. The standard InChI is InChI=1S/C35H30ClFN2O6/c1-35-24(32(42)39(34(35)44)19-11-14-26(37)25(36)15-19)16-23-20(29(35)22-9-6-10-27(45-2)30(22)40)12-13-21-28(23)33(43)38(31(21)41)17-18-7-4-3-5-8-18/h3-12,14-15,21,23-24,28-29,40H,13,16-17H2,1-2H3. The Labute approximate surface area is 264 Å². The zero-order valence-corrected chi connectivity index (χ0v) is 25.3. The molecule has 0 bridgehead atoms. The third-order valence-corrected chi connectivity index (χ3v) is 10.6. The summed E-state index contributed by atoms with van der Waals surface area (Å²) in [7, 11) is 1.42. The van der Waals surface area contributed by atoms with E-state index in [0.717, 1.165) is 22.1 Å². The maximum Gasteiger partial charge on any atom is 0.241 e. The van der Waals surface area contributed by atoms with E-state index in [-0.39, 0.29) is 53.4 Å². The maximum atomic E-state index is 14.5. The van der Waals surface area contributed by atoms with Gasteiger partial charge < -0.3 is 9.84 Å². The minimum atomic E-state index is -1.38. The summed E-state index contributed by atoms with van der Waals surface area (Å²) in [6.45, 7) is 1.85. The predicted octanol–water partition coefficient (Wildman–Crippen LogP) is 5.62. The molecule has 3 aromatic rings. The van der Waals surface area contributed by atoms with Crippen molar-refractivity contribution in [1.82, 2.24) is 4.90 Å². The third-order valence-electron chi connectivity index (χ3n) is 10.3. The van der Waals surface area contributed by atoms with Gasteiger partial charge in [0.25, 0.3) is 0 Å². The molecule has 0 spiro atoms. The first kappa shape index (κ1) is 29.2. The lowest BCUT2D eigenvalue weighted by molar-refractivity contribution is -0.141. The quantitative estimate of drug-likeness (QED) is 0.290. The highest BCUT2D eigenvalue weighted by Gasteiger charge is 2.68. The first-order valence-corrected chi connectivity index (χ1v) is 15.2. The molecule has 3 fully saturated rings. The first-order valence-electron chi connectivity index (χ1n) is 14.9. The van der Waals surface area contributed by atoms with Crippen LogP contribution in [0.3, 0.4) is 0 Å². The van der Waals surface area contributed by atoms with Crippen LogP contribution in [0.15, 0.2) is 78.4 Å². The molecular formula is C35H30ClFN2O6. The van der Waals surface area contributed by atoms with E-state index < -0.39 is 52.6 Å². The Morgan fingerprint density at radius 3 is 2.44 bits per heavy atom. The number of benzene rings is 3. The molecule has 6 atom stereocenters. The number of rotatable bonds is 5. The fourth-order valence-corrected chi connectivity index (χ4v) is 8.33. The Hall–Kier alpha value is -4.50. The molecule has 45 heavy (non-hydrogen) atoms. The lowest BCUT2D eigenvalue weighted by Gasteiger charge is -2.49. The summed E-state index contributed by atoms with van der Waals surface area (Å²) in [6, 6.07) is 18.0. The number of carbonyl (C=O) groups is 4. The van der Waals surface area contributed by atoms with Crippen LogP contribution in [0.5, 0.6) is 11.5 Å². The number of aromatic hydroxyl groups is 1. The number of hydrogen-bond donors (Lipinski definition) is 1. The molecule has 2 saturated heterocycles. The fourth-order valence-electron chi connectivity index (χ4n) is 8.15. The summed E-state index contributed by atoms with van der Waals surface area (Å²) >= 11 is 6.06. The fraction of sp³-hybridized carbons (Fsp3) is 0.314. The predicted molar refractivity (Wildman–Crippen MR) is 163 cm³/mol. The smallest absolute Gasteiger partial charge is 0.241 e. The molecule has 4 aliphatic rings. The highest BCUT2D eigenvalue weighted by Crippen LogP contribution is 2.64. The number of amides is 4. The number of para-hydroxylation sites is 1. The van der Waals surface area contributed by atoms with E-state index >= 15 is 0 Å². The Morgan fingerprint density at radius 1 is 0.978 bits per heavy atom. The van der Waals surface area contributed by atoms with E-state index in [2.05, 4.69) is 0 Å². The lowest BCUT2D eigenvalue weighted by Crippen LogP contribution is -2.48. The second-order valence-electron chi connectivity index (χ2n) is 12.4. The molecule has 2 heterocycles. The number of likely N-dealkylation sites (tertiary alicyclic amines) is 1. The second-order valence-corrected chi connectivity index (χ2v) is 12.8. The van der Waals surface area contributed by atoms with Crippen molar-refractivity contribution in [3.63, 3.8) is 0 Å². The van der Waals surface area contributed by atoms with Crippen LogP contribution in [0.25, 0.3) is 0 Å². The van der Waals surface area contributed by atoms with Gasteiger partial charge in [0.05, 0.1) is 47.5 Å². The second kappa shape index (κ2) is 10.5. The van der Waals surface area contributed by atoms with E-state index in [0.29, 0.717) is 5.56 Å². The largest absolute Gasteiger partial charge is 0.504 e. The highest BCUT2D eigenvalue weighted by atomic mass is 35.5. The highest BCUT2D eigenvalue weighted by molar-refractivity contribution is 6.31. The average molecular weight is 629 g/mol. The van der Waals surface area contributed by atoms with Crippen LogP contribution < -0.4 is 9.64 Å². The van der Waals surface area contributed by atoms with Crippen molar-refractivity contribution in [2.45, 2.75) is 32.2 Å². The summed E-state index contributed by atoms with van der Waals surface area (Å²) in [5, 5.41) is 11.2. The number of halogens is 2. The molecule has 7 rings (SSSR count). The van der Waals surface area contributed by atoms with Crippen LogP contribution in [0.1, 0.15) is 36.8 Å². The first-order chi connectivity index (χ1) is 21.6. The molecule has 230 valence electrons. The summed E-state index contributed by atoms with van der Waals surface area (Å²) in [4.78, 5) is 58.9. The summed E-state index contributed by atoms with van der Waals surface area (Å²) < 4.78 is 19.5. The number of anilines is 1.